The Kier molecular flexibility index (Phi) is 3.82. The molecule has 0 saturated heterocycles. The fraction of sp³-hybridized carbons (Fsp3) is 0.125. The van der Waals surface area contributed by atoms with Crippen LogP contribution in [0.4, 0.5) is 0 Å². The van der Waals surface area contributed by atoms with Crippen LogP contribution in [-0.4, -0.2) is 25.3 Å². The Hall–Kier alpha value is -2.82. The van der Waals surface area contributed by atoms with Crippen LogP contribution in [0.25, 0.3) is 0 Å². The Balaban J connectivity index is 1.67. The number of carbonyl (C=O) groups excluding carboxylic acids is 1. The highest BCUT2D eigenvalue weighted by Crippen LogP contribution is 2.30. The van der Waals surface area contributed by atoms with E-state index < -0.39 is 0 Å². The van der Waals surface area contributed by atoms with Gasteiger partial charge in [-0.3, -0.25) is 4.79 Å². The van der Waals surface area contributed by atoms with Crippen LogP contribution in [0.5, 0.6) is 11.5 Å². The van der Waals surface area contributed by atoms with E-state index >= 15 is 0 Å². The van der Waals surface area contributed by atoms with Gasteiger partial charge in [-0.15, -0.1) is 0 Å². The van der Waals surface area contributed by atoms with E-state index in [1.807, 2.05) is 30.3 Å². The molecule has 0 aromatic heterocycles. The summed E-state index contributed by atoms with van der Waals surface area (Å²) in [5.74, 6) is 0.950. The van der Waals surface area contributed by atoms with Crippen LogP contribution in [0.15, 0.2) is 53.6 Å². The number of amides is 1. The number of hydrogen-bond donors (Lipinski definition) is 1. The van der Waals surface area contributed by atoms with Gasteiger partial charge in [-0.2, -0.15) is 5.10 Å². The molecule has 3 rings (SSSR count). The van der Waals surface area contributed by atoms with E-state index in [0.717, 1.165) is 5.56 Å². The molecule has 0 fully saturated rings. The lowest BCUT2D eigenvalue weighted by molar-refractivity contribution is 0.0954. The Bertz CT molecular complexity index is 668. The highest BCUT2D eigenvalue weighted by Gasteiger charge is 2.14. The fourth-order valence-corrected chi connectivity index (χ4v) is 1.95. The van der Waals surface area contributed by atoms with E-state index in [1.165, 1.54) is 0 Å². The number of ether oxygens (including phenoxy) is 2. The number of benzene rings is 2. The number of nitrogens with zero attached hydrogens (tertiary/aromatic N) is 1. The Morgan fingerprint density at radius 1 is 1.05 bits per heavy atom. The number of nitrogens with one attached hydrogen (secondary N) is 1. The standard InChI is InChI=1S/C16H14N2O3/c19-16(18-17-11-12-4-2-1-3-5-12)13-6-7-14-15(10-13)21-9-8-20-14/h1-7,10-11H,8-9H2,(H,18,19)/b17-11-. The summed E-state index contributed by atoms with van der Waals surface area (Å²) >= 11 is 0. The molecule has 0 spiro atoms. The lowest BCUT2D eigenvalue weighted by atomic mass is 10.2. The van der Waals surface area contributed by atoms with Crippen molar-refractivity contribution >= 4 is 12.1 Å². The Morgan fingerprint density at radius 2 is 1.81 bits per heavy atom. The van der Waals surface area contributed by atoms with Crippen LogP contribution >= 0.6 is 0 Å². The Labute approximate surface area is 122 Å². The number of fused-ring (bicyclic) bond motifs is 1. The van der Waals surface area contributed by atoms with Gasteiger partial charge in [0.1, 0.15) is 13.2 Å². The summed E-state index contributed by atoms with van der Waals surface area (Å²) in [6.07, 6.45) is 1.59. The predicted molar refractivity (Wildman–Crippen MR) is 78.9 cm³/mol. The first-order valence-electron chi connectivity index (χ1n) is 6.61. The molecule has 1 aliphatic heterocycles. The van der Waals surface area contributed by atoms with Crippen LogP contribution in [-0.2, 0) is 0 Å². The molecule has 0 bridgehead atoms. The summed E-state index contributed by atoms with van der Waals surface area (Å²) < 4.78 is 10.9. The molecule has 5 nitrogen and oxygen atoms in total. The first kappa shape index (κ1) is 13.2. The van der Waals surface area contributed by atoms with Gasteiger partial charge in [0.15, 0.2) is 11.5 Å². The number of hydrogen-bond acceptors (Lipinski definition) is 4. The van der Waals surface area contributed by atoms with Gasteiger partial charge in [-0.25, -0.2) is 5.43 Å². The van der Waals surface area contributed by atoms with Crippen molar-refractivity contribution in [1.29, 1.82) is 0 Å². The van der Waals surface area contributed by atoms with E-state index in [-0.39, 0.29) is 5.91 Å². The van der Waals surface area contributed by atoms with E-state index in [0.29, 0.717) is 30.3 Å². The van der Waals surface area contributed by atoms with Crippen molar-refractivity contribution < 1.29 is 14.3 Å². The molecule has 0 aliphatic carbocycles. The molecule has 2 aromatic carbocycles. The maximum atomic E-state index is 12.0. The van der Waals surface area contributed by atoms with Crippen molar-refractivity contribution in [2.45, 2.75) is 0 Å². The van der Waals surface area contributed by atoms with Crippen molar-refractivity contribution in [1.82, 2.24) is 5.43 Å². The second-order valence-electron chi connectivity index (χ2n) is 4.47. The van der Waals surface area contributed by atoms with Gasteiger partial charge in [-0.05, 0) is 23.8 Å². The second kappa shape index (κ2) is 6.09. The van der Waals surface area contributed by atoms with Crippen molar-refractivity contribution in [3.8, 4) is 11.5 Å². The molecule has 1 N–H and O–H groups in total. The topological polar surface area (TPSA) is 59.9 Å². The molecule has 0 saturated carbocycles. The second-order valence-corrected chi connectivity index (χ2v) is 4.47. The zero-order chi connectivity index (χ0) is 14.5. The zero-order valence-electron chi connectivity index (χ0n) is 11.3. The SMILES string of the molecule is O=C(N/N=C\c1ccccc1)c1ccc2c(c1)OCCO2. The van der Waals surface area contributed by atoms with Crippen molar-refractivity contribution in [2.24, 2.45) is 5.10 Å². The third kappa shape index (κ3) is 3.20. The van der Waals surface area contributed by atoms with Crippen molar-refractivity contribution in [3.05, 3.63) is 59.7 Å². The van der Waals surface area contributed by atoms with E-state index in [4.69, 9.17) is 9.47 Å². The minimum atomic E-state index is -0.292. The molecule has 106 valence electrons. The molecule has 1 heterocycles. The molecular formula is C16H14N2O3. The van der Waals surface area contributed by atoms with E-state index in [2.05, 4.69) is 10.5 Å². The molecule has 1 amide bonds. The number of rotatable bonds is 3. The summed E-state index contributed by atoms with van der Waals surface area (Å²) in [6, 6.07) is 14.6. The summed E-state index contributed by atoms with van der Waals surface area (Å²) in [6.45, 7) is 1.02. The fourth-order valence-electron chi connectivity index (χ4n) is 1.95. The molecule has 0 unspecified atom stereocenters. The van der Waals surface area contributed by atoms with Gasteiger partial charge in [-0.1, -0.05) is 30.3 Å². The minimum Gasteiger partial charge on any atom is -0.486 e. The summed E-state index contributed by atoms with van der Waals surface area (Å²) in [5.41, 5.74) is 3.88. The summed E-state index contributed by atoms with van der Waals surface area (Å²) in [5, 5.41) is 3.93. The highest BCUT2D eigenvalue weighted by atomic mass is 16.6. The van der Waals surface area contributed by atoms with E-state index in [9.17, 15) is 4.79 Å². The first-order chi connectivity index (χ1) is 10.3. The van der Waals surface area contributed by atoms with Crippen molar-refractivity contribution in [2.75, 3.05) is 13.2 Å². The quantitative estimate of drug-likeness (QED) is 0.693. The van der Waals surface area contributed by atoms with Crippen molar-refractivity contribution in [3.63, 3.8) is 0 Å². The van der Waals surface area contributed by atoms with Gasteiger partial charge >= 0.3 is 0 Å². The average Bonchev–Trinajstić information content (AvgIpc) is 2.55. The number of hydrazone groups is 1. The average molecular weight is 282 g/mol. The molecule has 5 heteroatoms. The molecule has 0 radical (unpaired) electrons. The largest absolute Gasteiger partial charge is 0.486 e. The highest BCUT2D eigenvalue weighted by molar-refractivity contribution is 5.95. The van der Waals surface area contributed by atoms with Gasteiger partial charge in [0, 0.05) is 5.56 Å². The van der Waals surface area contributed by atoms with E-state index in [1.54, 1.807) is 24.4 Å². The maximum absolute atomic E-state index is 12.0. The van der Waals surface area contributed by atoms with Gasteiger partial charge < -0.3 is 9.47 Å². The van der Waals surface area contributed by atoms with Crippen LogP contribution in [0.1, 0.15) is 15.9 Å². The van der Waals surface area contributed by atoms with Crippen LogP contribution < -0.4 is 14.9 Å². The monoisotopic (exact) mass is 282 g/mol. The lowest BCUT2D eigenvalue weighted by Crippen LogP contribution is -2.19. The minimum absolute atomic E-state index is 0.292. The molecular weight excluding hydrogens is 268 g/mol. The first-order valence-corrected chi connectivity index (χ1v) is 6.61. The molecule has 2 aromatic rings. The predicted octanol–water partition coefficient (Wildman–Crippen LogP) is 2.22. The van der Waals surface area contributed by atoms with Gasteiger partial charge in [0.25, 0.3) is 5.91 Å². The lowest BCUT2D eigenvalue weighted by Gasteiger charge is -2.18. The number of carbonyl (C=O) groups is 1. The zero-order valence-corrected chi connectivity index (χ0v) is 11.3. The van der Waals surface area contributed by atoms with Gasteiger partial charge in [0.2, 0.25) is 0 Å². The summed E-state index contributed by atoms with van der Waals surface area (Å²) in [7, 11) is 0. The van der Waals surface area contributed by atoms with Crippen LogP contribution in [0.3, 0.4) is 0 Å². The molecule has 21 heavy (non-hydrogen) atoms. The maximum Gasteiger partial charge on any atom is 0.271 e. The van der Waals surface area contributed by atoms with Crippen LogP contribution in [0, 0.1) is 0 Å². The Morgan fingerprint density at radius 3 is 2.62 bits per heavy atom. The third-order valence-corrected chi connectivity index (χ3v) is 2.98. The smallest absolute Gasteiger partial charge is 0.271 e. The van der Waals surface area contributed by atoms with Crippen LogP contribution in [0.2, 0.25) is 0 Å². The third-order valence-electron chi connectivity index (χ3n) is 2.98. The molecule has 1 aliphatic rings. The van der Waals surface area contributed by atoms with Gasteiger partial charge in [0.05, 0.1) is 6.21 Å². The molecule has 0 atom stereocenters. The normalized spacial score (nSPS) is 13.1. The summed E-state index contributed by atoms with van der Waals surface area (Å²) in [4.78, 5) is 12.0.